The maximum atomic E-state index is 12.0. The van der Waals surface area contributed by atoms with E-state index in [9.17, 15) is 4.79 Å². The molecule has 0 heterocycles. The summed E-state index contributed by atoms with van der Waals surface area (Å²) >= 11 is 0. The summed E-state index contributed by atoms with van der Waals surface area (Å²) in [5, 5.41) is 4.00. The summed E-state index contributed by atoms with van der Waals surface area (Å²) in [4.78, 5) is 12.0. The lowest BCUT2D eigenvalue weighted by atomic mass is 10.0. The second-order valence-corrected chi connectivity index (χ2v) is 7.60. The molecule has 0 aliphatic carbocycles. The van der Waals surface area contributed by atoms with E-state index in [0.717, 1.165) is 28.2 Å². The zero-order valence-electron chi connectivity index (χ0n) is 18.2. The number of carbonyl (C=O) groups excluding carboxylic acids is 1. The quantitative estimate of drug-likeness (QED) is 0.384. The number of hydrogen-bond donors (Lipinski definition) is 1. The van der Waals surface area contributed by atoms with Gasteiger partial charge in [-0.15, -0.1) is 0 Å². The normalized spacial score (nSPS) is 11.0. The van der Waals surface area contributed by atoms with Gasteiger partial charge in [-0.05, 0) is 65.4 Å². The van der Waals surface area contributed by atoms with Crippen LogP contribution in [0.1, 0.15) is 42.0 Å². The number of benzene rings is 3. The molecule has 0 spiro atoms. The predicted octanol–water partition coefficient (Wildman–Crippen LogP) is 5.23. The molecule has 5 heteroatoms. The molecule has 1 amide bonds. The van der Waals surface area contributed by atoms with E-state index >= 15 is 0 Å². The van der Waals surface area contributed by atoms with Gasteiger partial charge in [-0.1, -0.05) is 56.3 Å². The predicted molar refractivity (Wildman–Crippen MR) is 124 cm³/mol. The minimum absolute atomic E-state index is 0.0913. The first kappa shape index (κ1) is 22.1. The smallest absolute Gasteiger partial charge is 0.277 e. The average Bonchev–Trinajstić information content (AvgIpc) is 2.78. The summed E-state index contributed by atoms with van der Waals surface area (Å²) in [6.07, 6.45) is 1.59. The van der Waals surface area contributed by atoms with Gasteiger partial charge in [-0.2, -0.15) is 5.10 Å². The van der Waals surface area contributed by atoms with E-state index in [0.29, 0.717) is 12.5 Å². The number of carbonyl (C=O) groups is 1. The van der Waals surface area contributed by atoms with E-state index in [4.69, 9.17) is 9.47 Å². The van der Waals surface area contributed by atoms with Gasteiger partial charge in [0.25, 0.3) is 5.91 Å². The van der Waals surface area contributed by atoms with Gasteiger partial charge in [-0.3, -0.25) is 4.79 Å². The van der Waals surface area contributed by atoms with Crippen LogP contribution >= 0.6 is 0 Å². The monoisotopic (exact) mass is 416 g/mol. The number of rotatable bonds is 9. The van der Waals surface area contributed by atoms with E-state index in [2.05, 4.69) is 30.4 Å². The Morgan fingerprint density at radius 1 is 1.00 bits per heavy atom. The topological polar surface area (TPSA) is 59.9 Å². The highest BCUT2D eigenvalue weighted by Crippen LogP contribution is 2.24. The molecule has 0 saturated heterocycles. The Labute approximate surface area is 183 Å². The summed E-state index contributed by atoms with van der Waals surface area (Å²) < 4.78 is 11.4. The third-order valence-corrected chi connectivity index (χ3v) is 4.77. The highest BCUT2D eigenvalue weighted by molar-refractivity contribution is 5.83. The highest BCUT2D eigenvalue weighted by Gasteiger charge is 2.07. The first-order valence-electron chi connectivity index (χ1n) is 10.3. The van der Waals surface area contributed by atoms with Gasteiger partial charge in [0.2, 0.25) is 0 Å². The Kier molecular flexibility index (Phi) is 7.82. The van der Waals surface area contributed by atoms with Crippen LogP contribution in [0.3, 0.4) is 0 Å². The van der Waals surface area contributed by atoms with Crippen molar-refractivity contribution in [3.63, 3.8) is 0 Å². The molecule has 0 aromatic heterocycles. The van der Waals surface area contributed by atoms with Crippen LogP contribution in [0.4, 0.5) is 0 Å². The molecule has 5 nitrogen and oxygen atoms in total. The number of ether oxygens (including phenoxy) is 2. The van der Waals surface area contributed by atoms with Crippen molar-refractivity contribution >= 4 is 12.1 Å². The molecular formula is C26H28N2O3. The van der Waals surface area contributed by atoms with Gasteiger partial charge >= 0.3 is 0 Å². The molecule has 31 heavy (non-hydrogen) atoms. The zero-order chi connectivity index (χ0) is 22.1. The minimum Gasteiger partial charge on any atom is -0.489 e. The zero-order valence-corrected chi connectivity index (χ0v) is 18.2. The van der Waals surface area contributed by atoms with Crippen LogP contribution < -0.4 is 14.9 Å². The van der Waals surface area contributed by atoms with E-state index in [1.54, 1.807) is 6.21 Å². The van der Waals surface area contributed by atoms with Crippen molar-refractivity contribution in [2.24, 2.45) is 5.10 Å². The van der Waals surface area contributed by atoms with E-state index < -0.39 is 0 Å². The molecule has 3 rings (SSSR count). The minimum atomic E-state index is -0.312. The van der Waals surface area contributed by atoms with E-state index in [-0.39, 0.29) is 12.5 Å². The van der Waals surface area contributed by atoms with Gasteiger partial charge in [0.1, 0.15) is 18.1 Å². The van der Waals surface area contributed by atoms with Gasteiger partial charge in [0, 0.05) is 0 Å². The van der Waals surface area contributed by atoms with Crippen molar-refractivity contribution < 1.29 is 14.3 Å². The summed E-state index contributed by atoms with van der Waals surface area (Å²) in [7, 11) is 0. The third kappa shape index (κ3) is 7.00. The molecule has 160 valence electrons. The Hall–Kier alpha value is -3.60. The second kappa shape index (κ2) is 11.0. The molecule has 3 aromatic rings. The number of hydrazone groups is 1. The lowest BCUT2D eigenvalue weighted by Gasteiger charge is -2.12. The molecule has 0 bridgehead atoms. The highest BCUT2D eigenvalue weighted by atomic mass is 16.5. The largest absolute Gasteiger partial charge is 0.489 e. The van der Waals surface area contributed by atoms with Crippen LogP contribution in [-0.4, -0.2) is 18.7 Å². The first-order valence-corrected chi connectivity index (χ1v) is 10.3. The standard InChI is InChI=1S/C26H28N2O3/c1-19(2)23-12-9-20(3)25(15-23)31-18-26(29)28-27-16-21-10-13-24(14-11-21)30-17-22-7-5-4-6-8-22/h4-16,19H,17-18H2,1-3H3,(H,28,29)/b27-16-. The van der Waals surface area contributed by atoms with Gasteiger partial charge < -0.3 is 9.47 Å². The van der Waals surface area contributed by atoms with Crippen LogP contribution in [-0.2, 0) is 11.4 Å². The maximum Gasteiger partial charge on any atom is 0.277 e. The van der Waals surface area contributed by atoms with Crippen LogP contribution in [0.25, 0.3) is 0 Å². The number of nitrogens with zero attached hydrogens (tertiary/aromatic N) is 1. The molecule has 0 fully saturated rings. The number of nitrogens with one attached hydrogen (secondary N) is 1. The molecule has 0 saturated carbocycles. The van der Waals surface area contributed by atoms with Crippen molar-refractivity contribution in [1.29, 1.82) is 0 Å². The SMILES string of the molecule is Cc1ccc(C(C)C)cc1OCC(=O)N/N=C\c1ccc(OCc2ccccc2)cc1. The van der Waals surface area contributed by atoms with Crippen molar-refractivity contribution in [2.45, 2.75) is 33.3 Å². The lowest BCUT2D eigenvalue weighted by molar-refractivity contribution is -0.123. The van der Waals surface area contributed by atoms with Crippen molar-refractivity contribution in [3.8, 4) is 11.5 Å². The molecule has 3 aromatic carbocycles. The molecule has 0 atom stereocenters. The molecule has 0 aliphatic rings. The van der Waals surface area contributed by atoms with Crippen LogP contribution in [0.5, 0.6) is 11.5 Å². The molecule has 0 unspecified atom stereocenters. The molecule has 1 N–H and O–H groups in total. The average molecular weight is 417 g/mol. The molecule has 0 radical (unpaired) electrons. The fraction of sp³-hybridized carbons (Fsp3) is 0.231. The third-order valence-electron chi connectivity index (χ3n) is 4.77. The fourth-order valence-electron chi connectivity index (χ4n) is 2.88. The number of aryl methyl sites for hydroxylation is 1. The summed E-state index contributed by atoms with van der Waals surface area (Å²) in [5.74, 6) is 1.58. The Balaban J connectivity index is 1.45. The summed E-state index contributed by atoms with van der Waals surface area (Å²) in [6, 6.07) is 23.6. The second-order valence-electron chi connectivity index (χ2n) is 7.60. The lowest BCUT2D eigenvalue weighted by Crippen LogP contribution is -2.24. The van der Waals surface area contributed by atoms with E-state index in [1.807, 2.05) is 73.7 Å². The summed E-state index contributed by atoms with van der Waals surface area (Å²) in [6.45, 7) is 6.63. The van der Waals surface area contributed by atoms with Crippen molar-refractivity contribution in [1.82, 2.24) is 5.43 Å². The van der Waals surface area contributed by atoms with Gasteiger partial charge in [0.15, 0.2) is 6.61 Å². The number of amides is 1. The molecular weight excluding hydrogens is 388 g/mol. The van der Waals surface area contributed by atoms with Crippen LogP contribution in [0.15, 0.2) is 77.9 Å². The van der Waals surface area contributed by atoms with Crippen LogP contribution in [0.2, 0.25) is 0 Å². The van der Waals surface area contributed by atoms with Crippen molar-refractivity contribution in [3.05, 3.63) is 95.1 Å². The first-order chi connectivity index (χ1) is 15.0. The van der Waals surface area contributed by atoms with E-state index in [1.165, 1.54) is 5.56 Å². The Morgan fingerprint density at radius 2 is 1.74 bits per heavy atom. The van der Waals surface area contributed by atoms with Crippen molar-refractivity contribution in [2.75, 3.05) is 6.61 Å². The maximum absolute atomic E-state index is 12.0. The van der Waals surface area contributed by atoms with Gasteiger partial charge in [0.05, 0.1) is 6.21 Å². The Bertz CT molecular complexity index is 1010. The Morgan fingerprint density at radius 3 is 2.45 bits per heavy atom. The number of hydrogen-bond acceptors (Lipinski definition) is 4. The molecule has 0 aliphatic heterocycles. The fourth-order valence-corrected chi connectivity index (χ4v) is 2.88. The van der Waals surface area contributed by atoms with Crippen LogP contribution in [0, 0.1) is 6.92 Å². The van der Waals surface area contributed by atoms with Gasteiger partial charge in [-0.25, -0.2) is 5.43 Å². The summed E-state index contributed by atoms with van der Waals surface area (Å²) in [5.41, 5.74) is 6.64.